The van der Waals surface area contributed by atoms with Gasteiger partial charge in [0.1, 0.15) is 5.49 Å². The normalized spacial score (nSPS) is 11.0. The van der Waals surface area contributed by atoms with Crippen LogP contribution in [0.25, 0.3) is 0 Å². The highest BCUT2D eigenvalue weighted by Gasteiger charge is 1.68. The molecule has 0 aliphatic rings. The molecule has 0 atom stereocenters. The van der Waals surface area contributed by atoms with E-state index < -0.39 is 0 Å². The third-order valence-electron chi connectivity index (χ3n) is 0.351. The van der Waals surface area contributed by atoms with Crippen molar-refractivity contribution in [2.45, 2.75) is 0 Å². The second-order valence-electron chi connectivity index (χ2n) is 0.746. The first-order valence-corrected chi connectivity index (χ1v) is 2.17. The Labute approximate surface area is 39.6 Å². The molecule has 0 fully saturated rings. The fraction of sp³-hybridized carbons (Fsp3) is 0. The van der Waals surface area contributed by atoms with Gasteiger partial charge in [-0.2, -0.15) is 5.10 Å². The molecule has 0 aromatic carbocycles. The molecule has 0 unspecified atom stereocenters. The molecule has 0 saturated heterocycles. The van der Waals surface area contributed by atoms with E-state index in [-0.39, 0.29) is 10.3 Å². The van der Waals surface area contributed by atoms with Crippen LogP contribution in [-0.4, -0.2) is 10.2 Å². The topological polar surface area (TPSA) is 52.5 Å². The van der Waals surface area contributed by atoms with E-state index in [0.29, 0.717) is 0 Å². The lowest BCUT2D eigenvalue weighted by molar-refractivity contribution is 1.01. The van der Waals surface area contributed by atoms with E-state index in [1.807, 2.05) is 0 Å². The first-order chi connectivity index (χ1) is 3.29. The van der Waals surface area contributed by atoms with E-state index in [1.54, 1.807) is 0 Å². The second-order valence-corrected chi connectivity index (χ2v) is 1.54. The smallest absolute Gasteiger partial charge is 0.197 e. The van der Waals surface area contributed by atoms with Gasteiger partial charge in [0.15, 0.2) is 4.80 Å². The minimum Gasteiger partial charge on any atom is -0.274 e. The van der Waals surface area contributed by atoms with Crippen LogP contribution in [-0.2, 0) is 0 Å². The standard InChI is InChI=1S/C2H3N3S/c3-2-5-4-1-6-2/h1H,(H2,3,5)/i1T. The molecule has 1 aromatic heterocycles. The van der Waals surface area contributed by atoms with Gasteiger partial charge in [-0.3, -0.25) is 10.5 Å². The fourth-order valence-corrected chi connectivity index (χ4v) is 0.439. The molecular formula is C2H3N3S. The van der Waals surface area contributed by atoms with Gasteiger partial charge >= 0.3 is 0 Å². The highest BCUT2D eigenvalue weighted by molar-refractivity contribution is 7.06. The maximum Gasteiger partial charge on any atom is 0.197 e. The summed E-state index contributed by atoms with van der Waals surface area (Å²) in [6.45, 7) is 0. The summed E-state index contributed by atoms with van der Waals surface area (Å²) in [6, 6.07) is 0. The van der Waals surface area contributed by atoms with E-state index in [9.17, 15) is 0 Å². The van der Waals surface area contributed by atoms with Gasteiger partial charge in [0.2, 0.25) is 0 Å². The number of hydrogen-bond donors (Lipinski definition) is 2. The predicted octanol–water partition coefficient (Wildman–Crippen LogP) is -0.0493. The Hall–Kier alpha value is -0.640. The lowest BCUT2D eigenvalue weighted by Crippen LogP contribution is -1.91. The van der Waals surface area contributed by atoms with Gasteiger partial charge in [-0.05, 0) is 0 Å². The van der Waals surface area contributed by atoms with Crippen molar-refractivity contribution >= 4 is 11.3 Å². The molecule has 0 radical (unpaired) electrons. The molecule has 2 N–H and O–H groups in total. The molecule has 1 heterocycles. The molecule has 0 bridgehead atoms. The fourth-order valence-electron chi connectivity index (χ4n) is 0.165. The Kier molecular flexibility index (Phi) is 0.511. The van der Waals surface area contributed by atoms with Crippen LogP contribution in [0.2, 0.25) is 0 Å². The zero-order chi connectivity index (χ0) is 5.28. The van der Waals surface area contributed by atoms with Gasteiger partial charge in [0.05, 0.1) is 1.37 Å². The second kappa shape index (κ2) is 1.22. The predicted molar refractivity (Wildman–Crippen MR) is 22.3 cm³/mol. The maximum atomic E-state index is 6.80. The van der Waals surface area contributed by atoms with Crippen molar-refractivity contribution in [2.75, 3.05) is 0 Å². The molecule has 32 valence electrons. The Morgan fingerprint density at radius 3 is 3.33 bits per heavy atom. The summed E-state index contributed by atoms with van der Waals surface area (Å²) < 4.78 is 6.77. The van der Waals surface area contributed by atoms with Gasteiger partial charge in [0, 0.05) is 0 Å². The van der Waals surface area contributed by atoms with Gasteiger partial charge in [-0.1, -0.05) is 11.3 Å². The molecule has 0 aliphatic heterocycles. The molecule has 0 aliphatic carbocycles. The van der Waals surface area contributed by atoms with Gasteiger partial charge < -0.3 is 0 Å². The average molecular weight is 103 g/mol. The van der Waals surface area contributed by atoms with Crippen LogP contribution in [0, 0.1) is 5.41 Å². The molecule has 0 spiro atoms. The first kappa shape index (κ1) is 2.52. The van der Waals surface area contributed by atoms with Crippen LogP contribution >= 0.6 is 11.3 Å². The van der Waals surface area contributed by atoms with Crippen molar-refractivity contribution in [3.8, 4) is 0 Å². The quantitative estimate of drug-likeness (QED) is 0.475. The minimum atomic E-state index is 0.157. The average Bonchev–Trinajstić information content (AvgIpc) is 1.87. The molecule has 4 heteroatoms. The highest BCUT2D eigenvalue weighted by atomic mass is 32.1. The van der Waals surface area contributed by atoms with Crippen LogP contribution in [0.5, 0.6) is 0 Å². The Bertz CT molecular complexity index is 201. The monoisotopic (exact) mass is 103 g/mol. The van der Waals surface area contributed by atoms with Crippen LogP contribution in [0.15, 0.2) is 5.49 Å². The largest absolute Gasteiger partial charge is 0.274 e. The molecule has 1 rings (SSSR count). The van der Waals surface area contributed by atoms with Gasteiger partial charge in [-0.25, -0.2) is 0 Å². The van der Waals surface area contributed by atoms with Gasteiger partial charge in [0.25, 0.3) is 0 Å². The van der Waals surface area contributed by atoms with Crippen molar-refractivity contribution in [1.29, 1.82) is 5.41 Å². The van der Waals surface area contributed by atoms with Crippen molar-refractivity contribution in [3.05, 3.63) is 10.3 Å². The summed E-state index contributed by atoms with van der Waals surface area (Å²) >= 11 is 1.01. The Morgan fingerprint density at radius 2 is 3.17 bits per heavy atom. The summed E-state index contributed by atoms with van der Waals surface area (Å²) in [5, 5.41) is 12.5. The zero-order valence-corrected chi connectivity index (χ0v) is 3.67. The number of nitrogens with zero attached hydrogens (tertiary/aromatic N) is 1. The Morgan fingerprint density at radius 1 is 2.33 bits per heavy atom. The Balaban J connectivity index is 3.30. The van der Waals surface area contributed by atoms with Crippen molar-refractivity contribution in [3.63, 3.8) is 0 Å². The number of aromatic nitrogens is 2. The van der Waals surface area contributed by atoms with Crippen molar-refractivity contribution in [2.24, 2.45) is 0 Å². The highest BCUT2D eigenvalue weighted by Crippen LogP contribution is 1.70. The third-order valence-corrected chi connectivity index (χ3v) is 0.829. The number of hydrogen-bond acceptors (Lipinski definition) is 3. The summed E-state index contributed by atoms with van der Waals surface area (Å²) in [7, 11) is 0. The summed E-state index contributed by atoms with van der Waals surface area (Å²) in [5.74, 6) is 0. The first-order valence-electron chi connectivity index (χ1n) is 1.86. The van der Waals surface area contributed by atoms with Crippen molar-refractivity contribution in [1.82, 2.24) is 10.2 Å². The number of H-pyrrole nitrogens is 1. The zero-order valence-electron chi connectivity index (χ0n) is 3.86. The SMILES string of the molecule is [3H]c1n[nH]c(=N)s1. The molecule has 3 nitrogen and oxygen atoms in total. The van der Waals surface area contributed by atoms with E-state index >= 15 is 0 Å². The van der Waals surface area contributed by atoms with E-state index in [0.717, 1.165) is 11.3 Å². The van der Waals surface area contributed by atoms with E-state index in [4.69, 9.17) is 6.78 Å². The van der Waals surface area contributed by atoms with Crippen LogP contribution < -0.4 is 4.80 Å². The van der Waals surface area contributed by atoms with Crippen molar-refractivity contribution < 1.29 is 1.37 Å². The van der Waals surface area contributed by atoms with Gasteiger partial charge in [-0.15, -0.1) is 0 Å². The lowest BCUT2D eigenvalue weighted by Gasteiger charge is -1.52. The molecule has 1 aromatic rings. The number of aromatic amines is 1. The van der Waals surface area contributed by atoms with Crippen LogP contribution in [0.4, 0.5) is 0 Å². The summed E-state index contributed by atoms with van der Waals surface area (Å²) in [4.78, 5) is 0.227. The molecule has 6 heavy (non-hydrogen) atoms. The summed E-state index contributed by atoms with van der Waals surface area (Å²) in [6.07, 6.45) is 0. The lowest BCUT2D eigenvalue weighted by atomic mass is 11.5. The third kappa shape index (κ3) is 0.463. The number of nitrogens with one attached hydrogen (secondary N) is 2. The molecular weight excluding hydrogens is 98.1 g/mol. The molecule has 0 saturated carbocycles. The summed E-state index contributed by atoms with van der Waals surface area (Å²) in [5.41, 5.74) is 0.157. The van der Waals surface area contributed by atoms with Crippen LogP contribution in [0.1, 0.15) is 1.37 Å². The van der Waals surface area contributed by atoms with E-state index in [1.165, 1.54) is 0 Å². The molecule has 0 amide bonds. The number of rotatable bonds is 0. The van der Waals surface area contributed by atoms with E-state index in [2.05, 4.69) is 10.2 Å². The minimum absolute atomic E-state index is 0.157. The van der Waals surface area contributed by atoms with Crippen LogP contribution in [0.3, 0.4) is 0 Å². The maximum absolute atomic E-state index is 6.80.